The zero-order chi connectivity index (χ0) is 13.0. The van der Waals surface area contributed by atoms with E-state index in [-0.39, 0.29) is 0 Å². The number of hydrogen-bond donors (Lipinski definition) is 1. The molecule has 2 rings (SSSR count). The minimum absolute atomic E-state index is 0.482. The van der Waals surface area contributed by atoms with Gasteiger partial charge >= 0.3 is 0 Å². The molecule has 3 nitrogen and oxygen atoms in total. The molecular formula is C14H22BrN3. The third-order valence-electron chi connectivity index (χ3n) is 3.43. The lowest BCUT2D eigenvalue weighted by Gasteiger charge is -2.36. The van der Waals surface area contributed by atoms with Gasteiger partial charge < -0.3 is 5.32 Å². The molecule has 1 aliphatic heterocycles. The van der Waals surface area contributed by atoms with Crippen LogP contribution in [0.5, 0.6) is 0 Å². The number of hydrogen-bond acceptors (Lipinski definition) is 3. The van der Waals surface area contributed by atoms with Crippen LogP contribution in [0.3, 0.4) is 0 Å². The highest BCUT2D eigenvalue weighted by Crippen LogP contribution is 2.31. The molecule has 1 aromatic rings. The van der Waals surface area contributed by atoms with Crippen molar-refractivity contribution in [3.8, 4) is 0 Å². The Balaban J connectivity index is 2.21. The van der Waals surface area contributed by atoms with Gasteiger partial charge in [0.25, 0.3) is 0 Å². The Morgan fingerprint density at radius 3 is 2.72 bits per heavy atom. The maximum Gasteiger partial charge on any atom is 0.110 e. The van der Waals surface area contributed by atoms with Crippen LogP contribution in [0.25, 0.3) is 0 Å². The van der Waals surface area contributed by atoms with Crippen LogP contribution < -0.4 is 5.32 Å². The number of pyridine rings is 1. The molecule has 1 atom stereocenters. The predicted molar refractivity (Wildman–Crippen MR) is 78.6 cm³/mol. The molecule has 0 aromatic carbocycles. The normalized spacial score (nSPS) is 19.1. The average molecular weight is 312 g/mol. The van der Waals surface area contributed by atoms with E-state index in [2.05, 4.69) is 51.0 Å². The summed E-state index contributed by atoms with van der Waals surface area (Å²) in [5, 5.41) is 3.42. The summed E-state index contributed by atoms with van der Waals surface area (Å²) >= 11 is 3.60. The van der Waals surface area contributed by atoms with Crippen LogP contribution in [0, 0.1) is 5.92 Å². The predicted octanol–water partition coefficient (Wildman–Crippen LogP) is 2.84. The van der Waals surface area contributed by atoms with E-state index in [1.165, 1.54) is 12.0 Å². The lowest BCUT2D eigenvalue weighted by Crippen LogP contribution is -2.45. The molecule has 1 aromatic heterocycles. The molecule has 0 amide bonds. The SMILES string of the molecule is CC(C)C[C@H](c1cccnc1Br)N1CCNCC1. The smallest absolute Gasteiger partial charge is 0.110 e. The maximum absolute atomic E-state index is 4.38. The van der Waals surface area contributed by atoms with Crippen LogP contribution in [0.1, 0.15) is 31.9 Å². The first-order chi connectivity index (χ1) is 8.68. The lowest BCUT2D eigenvalue weighted by atomic mass is 9.96. The molecular weight excluding hydrogens is 290 g/mol. The van der Waals surface area contributed by atoms with Gasteiger partial charge in [-0.25, -0.2) is 4.98 Å². The summed E-state index contributed by atoms with van der Waals surface area (Å²) in [5.41, 5.74) is 1.33. The Bertz CT molecular complexity index is 375. The van der Waals surface area contributed by atoms with E-state index in [1.807, 2.05) is 12.3 Å². The van der Waals surface area contributed by atoms with E-state index < -0.39 is 0 Å². The molecule has 2 heterocycles. The largest absolute Gasteiger partial charge is 0.314 e. The van der Waals surface area contributed by atoms with Crippen molar-refractivity contribution in [3.05, 3.63) is 28.5 Å². The zero-order valence-corrected chi connectivity index (χ0v) is 12.8. The molecule has 0 aliphatic carbocycles. The summed E-state index contributed by atoms with van der Waals surface area (Å²) in [6.45, 7) is 9.01. The first-order valence-electron chi connectivity index (χ1n) is 6.73. The maximum atomic E-state index is 4.38. The summed E-state index contributed by atoms with van der Waals surface area (Å²) < 4.78 is 0.995. The number of aromatic nitrogens is 1. The Labute approximate surface area is 118 Å². The molecule has 1 N–H and O–H groups in total. The minimum Gasteiger partial charge on any atom is -0.314 e. The molecule has 0 spiro atoms. The average Bonchev–Trinajstić information content (AvgIpc) is 2.38. The fourth-order valence-corrected chi connectivity index (χ4v) is 3.07. The molecule has 1 saturated heterocycles. The van der Waals surface area contributed by atoms with Crippen molar-refractivity contribution in [1.82, 2.24) is 15.2 Å². The fourth-order valence-electron chi connectivity index (χ4n) is 2.56. The first-order valence-corrected chi connectivity index (χ1v) is 7.53. The summed E-state index contributed by atoms with van der Waals surface area (Å²) in [6, 6.07) is 4.72. The molecule has 18 heavy (non-hydrogen) atoms. The second-order valence-electron chi connectivity index (χ2n) is 5.31. The number of nitrogens with one attached hydrogen (secondary N) is 1. The molecule has 4 heteroatoms. The summed E-state index contributed by atoms with van der Waals surface area (Å²) in [6.07, 6.45) is 3.03. The number of halogens is 1. The number of nitrogens with zero attached hydrogens (tertiary/aromatic N) is 2. The van der Waals surface area contributed by atoms with Gasteiger partial charge in [0.2, 0.25) is 0 Å². The highest BCUT2D eigenvalue weighted by atomic mass is 79.9. The van der Waals surface area contributed by atoms with Crippen molar-refractivity contribution in [2.75, 3.05) is 26.2 Å². The second kappa shape index (κ2) is 6.64. The van der Waals surface area contributed by atoms with Gasteiger partial charge in [-0.1, -0.05) is 19.9 Å². The van der Waals surface area contributed by atoms with Gasteiger partial charge in [-0.05, 0) is 34.3 Å². The van der Waals surface area contributed by atoms with Gasteiger partial charge in [0.05, 0.1) is 0 Å². The summed E-state index contributed by atoms with van der Waals surface area (Å²) in [7, 11) is 0. The molecule has 0 saturated carbocycles. The van der Waals surface area contributed by atoms with Crippen molar-refractivity contribution >= 4 is 15.9 Å². The highest BCUT2D eigenvalue weighted by molar-refractivity contribution is 9.10. The van der Waals surface area contributed by atoms with Crippen LogP contribution in [0.4, 0.5) is 0 Å². The van der Waals surface area contributed by atoms with Crippen LogP contribution in [0.15, 0.2) is 22.9 Å². The van der Waals surface area contributed by atoms with E-state index >= 15 is 0 Å². The van der Waals surface area contributed by atoms with E-state index in [1.54, 1.807) is 0 Å². The monoisotopic (exact) mass is 311 g/mol. The molecule has 100 valence electrons. The Hall–Kier alpha value is -0.450. The van der Waals surface area contributed by atoms with Gasteiger partial charge in [0.15, 0.2) is 0 Å². The van der Waals surface area contributed by atoms with Crippen molar-refractivity contribution < 1.29 is 0 Å². The van der Waals surface area contributed by atoms with Crippen molar-refractivity contribution in [1.29, 1.82) is 0 Å². The molecule has 1 aliphatic rings. The topological polar surface area (TPSA) is 28.2 Å². The van der Waals surface area contributed by atoms with E-state index in [9.17, 15) is 0 Å². The van der Waals surface area contributed by atoms with Crippen molar-refractivity contribution in [3.63, 3.8) is 0 Å². The van der Waals surface area contributed by atoms with Gasteiger partial charge in [-0.2, -0.15) is 0 Å². The lowest BCUT2D eigenvalue weighted by molar-refractivity contribution is 0.153. The van der Waals surface area contributed by atoms with Gasteiger partial charge in [0, 0.05) is 44.0 Å². The molecule has 0 bridgehead atoms. The quantitative estimate of drug-likeness (QED) is 0.867. The summed E-state index contributed by atoms with van der Waals surface area (Å²) in [5.74, 6) is 0.692. The third kappa shape index (κ3) is 3.53. The fraction of sp³-hybridized carbons (Fsp3) is 0.643. The van der Waals surface area contributed by atoms with E-state index in [0.717, 1.165) is 30.8 Å². The Morgan fingerprint density at radius 2 is 2.11 bits per heavy atom. The Kier molecular flexibility index (Phi) is 5.15. The Morgan fingerprint density at radius 1 is 1.39 bits per heavy atom. The van der Waals surface area contributed by atoms with Crippen LogP contribution in [-0.2, 0) is 0 Å². The standard InChI is InChI=1S/C14H22BrN3/c1-11(2)10-13(18-8-6-16-7-9-18)12-4-3-5-17-14(12)15/h3-5,11,13,16H,6-10H2,1-2H3/t13-/m1/s1. The molecule has 0 unspecified atom stereocenters. The highest BCUT2D eigenvalue weighted by Gasteiger charge is 2.24. The zero-order valence-electron chi connectivity index (χ0n) is 11.2. The number of piperazine rings is 1. The van der Waals surface area contributed by atoms with Crippen LogP contribution >= 0.6 is 15.9 Å². The van der Waals surface area contributed by atoms with Crippen LogP contribution in [0.2, 0.25) is 0 Å². The second-order valence-corrected chi connectivity index (χ2v) is 6.07. The summed E-state index contributed by atoms with van der Waals surface area (Å²) in [4.78, 5) is 6.96. The molecule has 1 fully saturated rings. The minimum atomic E-state index is 0.482. The van der Waals surface area contributed by atoms with Crippen LogP contribution in [-0.4, -0.2) is 36.1 Å². The van der Waals surface area contributed by atoms with E-state index in [4.69, 9.17) is 0 Å². The first kappa shape index (κ1) is 14.0. The van der Waals surface area contributed by atoms with Gasteiger partial charge in [0.1, 0.15) is 4.60 Å². The van der Waals surface area contributed by atoms with Crippen molar-refractivity contribution in [2.45, 2.75) is 26.3 Å². The van der Waals surface area contributed by atoms with Gasteiger partial charge in [-0.3, -0.25) is 4.90 Å². The molecule has 0 radical (unpaired) electrons. The third-order valence-corrected chi connectivity index (χ3v) is 4.10. The van der Waals surface area contributed by atoms with E-state index in [0.29, 0.717) is 12.0 Å². The number of rotatable bonds is 4. The van der Waals surface area contributed by atoms with Crippen molar-refractivity contribution in [2.24, 2.45) is 5.92 Å². The van der Waals surface area contributed by atoms with Gasteiger partial charge in [-0.15, -0.1) is 0 Å².